The minimum Gasteiger partial charge on any atom is -0.466 e. The number of nitrogens with one attached hydrogen (secondary N) is 2. The first-order valence-electron chi connectivity index (χ1n) is 8.10. The van der Waals surface area contributed by atoms with Crippen molar-refractivity contribution in [2.75, 3.05) is 0 Å². The molecule has 26 heavy (non-hydrogen) atoms. The molecular weight excluding hydrogens is 350 g/mol. The fraction of sp³-hybridized carbons (Fsp3) is 0.211. The van der Waals surface area contributed by atoms with E-state index in [4.69, 9.17) is 4.42 Å². The number of aryl methyl sites for hydroxylation is 3. The van der Waals surface area contributed by atoms with Crippen LogP contribution in [0.5, 0.6) is 0 Å². The van der Waals surface area contributed by atoms with Gasteiger partial charge in [-0.05, 0) is 32.9 Å². The molecule has 0 aliphatic heterocycles. The first-order chi connectivity index (χ1) is 12.4. The summed E-state index contributed by atoms with van der Waals surface area (Å²) in [4.78, 5) is 28.6. The number of nitrogens with zero attached hydrogens (tertiary/aromatic N) is 1. The molecule has 1 aromatic carbocycles. The van der Waals surface area contributed by atoms with Crippen LogP contribution in [0, 0.1) is 20.8 Å². The summed E-state index contributed by atoms with van der Waals surface area (Å²) in [5.41, 5.74) is 8.05. The van der Waals surface area contributed by atoms with E-state index in [0.29, 0.717) is 22.8 Å². The summed E-state index contributed by atoms with van der Waals surface area (Å²) in [6.07, 6.45) is 0.0893. The molecule has 0 spiro atoms. The van der Waals surface area contributed by atoms with E-state index in [1.165, 1.54) is 11.3 Å². The predicted octanol–water partition coefficient (Wildman–Crippen LogP) is 3.33. The Morgan fingerprint density at radius 1 is 1.15 bits per heavy atom. The Bertz CT molecular complexity index is 959. The van der Waals surface area contributed by atoms with Crippen molar-refractivity contribution in [3.05, 3.63) is 64.1 Å². The van der Waals surface area contributed by atoms with Crippen molar-refractivity contribution in [2.45, 2.75) is 27.2 Å². The molecular formula is C19H19N3O3S. The molecule has 2 amide bonds. The maximum absolute atomic E-state index is 12.1. The average Bonchev–Trinajstić information content (AvgIpc) is 3.19. The largest absolute Gasteiger partial charge is 0.466 e. The van der Waals surface area contributed by atoms with Crippen LogP contribution in [0.1, 0.15) is 33.1 Å². The molecule has 0 radical (unpaired) electrons. The topological polar surface area (TPSA) is 84.2 Å². The number of hydrogen-bond acceptors (Lipinski definition) is 5. The molecule has 0 saturated carbocycles. The van der Waals surface area contributed by atoms with Crippen LogP contribution < -0.4 is 10.9 Å². The van der Waals surface area contributed by atoms with Gasteiger partial charge >= 0.3 is 0 Å². The molecule has 0 atom stereocenters. The molecule has 2 N–H and O–H groups in total. The lowest BCUT2D eigenvalue weighted by Crippen LogP contribution is -2.42. The van der Waals surface area contributed by atoms with E-state index in [-0.39, 0.29) is 12.3 Å². The van der Waals surface area contributed by atoms with Crippen molar-refractivity contribution in [1.82, 2.24) is 15.8 Å². The van der Waals surface area contributed by atoms with Gasteiger partial charge < -0.3 is 4.42 Å². The Balaban J connectivity index is 1.57. The zero-order chi connectivity index (χ0) is 18.7. The number of hydrazine groups is 1. The summed E-state index contributed by atoms with van der Waals surface area (Å²) < 4.78 is 5.31. The first kappa shape index (κ1) is 17.9. The van der Waals surface area contributed by atoms with Crippen LogP contribution >= 0.6 is 11.3 Å². The standard InChI is InChI=1S/C19H19N3O3S/c1-11-5-4-6-14(7-11)19-20-15(10-26-19)9-17(23)21-22-18(24)16-8-12(2)25-13(16)3/h4-8,10H,9H2,1-3H3,(H,21,23)(H,22,24). The minimum absolute atomic E-state index is 0.0893. The van der Waals surface area contributed by atoms with Crippen LogP contribution in [0.3, 0.4) is 0 Å². The zero-order valence-corrected chi connectivity index (χ0v) is 15.6. The van der Waals surface area contributed by atoms with E-state index in [2.05, 4.69) is 21.9 Å². The van der Waals surface area contributed by atoms with Crippen molar-refractivity contribution in [2.24, 2.45) is 0 Å². The van der Waals surface area contributed by atoms with Crippen molar-refractivity contribution >= 4 is 23.2 Å². The molecule has 2 aromatic heterocycles. The van der Waals surface area contributed by atoms with Gasteiger partial charge in [0.05, 0.1) is 17.7 Å². The Morgan fingerprint density at radius 3 is 2.65 bits per heavy atom. The fourth-order valence-corrected chi connectivity index (χ4v) is 3.37. The van der Waals surface area contributed by atoms with E-state index in [0.717, 1.165) is 16.1 Å². The van der Waals surface area contributed by atoms with Crippen LogP contribution in [0.2, 0.25) is 0 Å². The second-order valence-corrected chi connectivity index (χ2v) is 6.88. The second kappa shape index (κ2) is 7.53. The molecule has 0 aliphatic carbocycles. The van der Waals surface area contributed by atoms with E-state index >= 15 is 0 Å². The third-order valence-electron chi connectivity index (χ3n) is 3.76. The lowest BCUT2D eigenvalue weighted by Gasteiger charge is -2.05. The van der Waals surface area contributed by atoms with Crippen molar-refractivity contribution in [3.8, 4) is 10.6 Å². The molecule has 6 nitrogen and oxygen atoms in total. The molecule has 3 rings (SSSR count). The molecule has 0 bridgehead atoms. The number of hydrogen-bond donors (Lipinski definition) is 2. The van der Waals surface area contributed by atoms with Gasteiger partial charge in [-0.1, -0.05) is 23.8 Å². The number of carbonyl (C=O) groups is 2. The Hall–Kier alpha value is -2.93. The molecule has 0 aliphatic rings. The highest BCUT2D eigenvalue weighted by molar-refractivity contribution is 7.13. The van der Waals surface area contributed by atoms with E-state index in [1.54, 1.807) is 19.9 Å². The highest BCUT2D eigenvalue weighted by Crippen LogP contribution is 2.24. The molecule has 0 fully saturated rings. The quantitative estimate of drug-likeness (QED) is 0.691. The lowest BCUT2D eigenvalue weighted by atomic mass is 10.1. The summed E-state index contributed by atoms with van der Waals surface area (Å²) in [5, 5.41) is 2.72. The van der Waals surface area contributed by atoms with Gasteiger partial charge in [0.25, 0.3) is 5.91 Å². The van der Waals surface area contributed by atoms with Gasteiger partial charge in [0.15, 0.2) is 0 Å². The van der Waals surface area contributed by atoms with E-state index in [1.807, 2.05) is 30.5 Å². The van der Waals surface area contributed by atoms with Gasteiger partial charge in [-0.25, -0.2) is 4.98 Å². The van der Waals surface area contributed by atoms with E-state index < -0.39 is 5.91 Å². The highest BCUT2D eigenvalue weighted by atomic mass is 32.1. The average molecular weight is 369 g/mol. The Morgan fingerprint density at radius 2 is 1.96 bits per heavy atom. The maximum Gasteiger partial charge on any atom is 0.273 e. The zero-order valence-electron chi connectivity index (χ0n) is 14.8. The van der Waals surface area contributed by atoms with Crippen LogP contribution in [0.25, 0.3) is 10.6 Å². The van der Waals surface area contributed by atoms with Gasteiger partial charge in [0, 0.05) is 10.9 Å². The molecule has 3 aromatic rings. The van der Waals surface area contributed by atoms with Gasteiger partial charge in [0.1, 0.15) is 16.5 Å². The SMILES string of the molecule is Cc1cccc(-c2nc(CC(=O)NNC(=O)c3cc(C)oc3C)cs2)c1. The van der Waals surface area contributed by atoms with Gasteiger partial charge in [0.2, 0.25) is 5.91 Å². The number of rotatable bonds is 4. The third-order valence-corrected chi connectivity index (χ3v) is 4.70. The molecule has 7 heteroatoms. The number of amides is 2. The number of aromatic nitrogens is 1. The molecule has 0 saturated heterocycles. The van der Waals surface area contributed by atoms with Gasteiger partial charge in [-0.3, -0.25) is 20.4 Å². The number of carbonyl (C=O) groups excluding carboxylic acids is 2. The number of furan rings is 1. The summed E-state index contributed by atoms with van der Waals surface area (Å²) >= 11 is 1.49. The molecule has 134 valence electrons. The number of benzene rings is 1. The molecule has 2 heterocycles. The summed E-state index contributed by atoms with van der Waals surface area (Å²) in [6.45, 7) is 5.49. The monoisotopic (exact) mass is 369 g/mol. The predicted molar refractivity (Wildman–Crippen MR) is 99.8 cm³/mol. The highest BCUT2D eigenvalue weighted by Gasteiger charge is 2.15. The smallest absolute Gasteiger partial charge is 0.273 e. The van der Waals surface area contributed by atoms with Crippen LogP contribution in [0.15, 0.2) is 40.1 Å². The Kier molecular flexibility index (Phi) is 5.18. The molecule has 0 unspecified atom stereocenters. The van der Waals surface area contributed by atoms with Crippen molar-refractivity contribution in [3.63, 3.8) is 0 Å². The summed E-state index contributed by atoms with van der Waals surface area (Å²) in [7, 11) is 0. The normalized spacial score (nSPS) is 10.6. The van der Waals surface area contributed by atoms with Crippen molar-refractivity contribution < 1.29 is 14.0 Å². The van der Waals surface area contributed by atoms with Crippen LogP contribution in [0.4, 0.5) is 0 Å². The maximum atomic E-state index is 12.1. The third kappa shape index (κ3) is 4.18. The van der Waals surface area contributed by atoms with Crippen LogP contribution in [-0.4, -0.2) is 16.8 Å². The van der Waals surface area contributed by atoms with Crippen molar-refractivity contribution in [1.29, 1.82) is 0 Å². The van der Waals surface area contributed by atoms with Gasteiger partial charge in [-0.15, -0.1) is 11.3 Å². The number of thiazole rings is 1. The first-order valence-corrected chi connectivity index (χ1v) is 8.98. The Labute approximate surface area is 155 Å². The minimum atomic E-state index is -0.411. The van der Waals surface area contributed by atoms with Gasteiger partial charge in [-0.2, -0.15) is 0 Å². The second-order valence-electron chi connectivity index (χ2n) is 6.02. The van der Waals surface area contributed by atoms with Crippen LogP contribution in [-0.2, 0) is 11.2 Å². The summed E-state index contributed by atoms with van der Waals surface area (Å²) in [6, 6.07) is 9.68. The fourth-order valence-electron chi connectivity index (χ4n) is 2.56. The lowest BCUT2D eigenvalue weighted by molar-refractivity contribution is -0.121. The summed E-state index contributed by atoms with van der Waals surface area (Å²) in [5.74, 6) is 0.408. The van der Waals surface area contributed by atoms with E-state index in [9.17, 15) is 9.59 Å².